The van der Waals surface area contributed by atoms with Gasteiger partial charge in [0.2, 0.25) is 5.91 Å². The van der Waals surface area contributed by atoms with E-state index in [4.69, 9.17) is 0 Å². The van der Waals surface area contributed by atoms with Gasteiger partial charge in [0.25, 0.3) is 0 Å². The van der Waals surface area contributed by atoms with Gasteiger partial charge in [-0.3, -0.25) is 9.69 Å². The number of hydrogen-bond donors (Lipinski definition) is 2. The number of hydrogen-bond acceptors (Lipinski definition) is 2. The molecule has 2 aromatic carbocycles. The SMILES string of the molecule is Cc1ccc(NC(=O)N(CCCNC(=O)CC(C)C)c2ccc(F)cc2)cc1. The van der Waals surface area contributed by atoms with E-state index in [2.05, 4.69) is 10.6 Å². The van der Waals surface area contributed by atoms with Crippen LogP contribution in [0.1, 0.15) is 32.3 Å². The van der Waals surface area contributed by atoms with Crippen molar-refractivity contribution in [2.45, 2.75) is 33.6 Å². The first-order chi connectivity index (χ1) is 13.3. The summed E-state index contributed by atoms with van der Waals surface area (Å²) in [4.78, 5) is 26.1. The minimum Gasteiger partial charge on any atom is -0.356 e. The van der Waals surface area contributed by atoms with Crippen LogP contribution in [0, 0.1) is 18.7 Å². The van der Waals surface area contributed by atoms with Gasteiger partial charge in [0.1, 0.15) is 5.82 Å². The lowest BCUT2D eigenvalue weighted by atomic mass is 10.1. The predicted octanol–water partition coefficient (Wildman–Crippen LogP) is 4.73. The summed E-state index contributed by atoms with van der Waals surface area (Å²) in [5.74, 6) is -0.0490. The van der Waals surface area contributed by atoms with E-state index in [1.165, 1.54) is 12.1 Å². The van der Waals surface area contributed by atoms with E-state index in [0.29, 0.717) is 43.2 Å². The van der Waals surface area contributed by atoms with Crippen molar-refractivity contribution < 1.29 is 14.0 Å². The standard InChI is InChI=1S/C22H28FN3O2/c1-16(2)15-21(27)24-13-4-14-26(20-11-7-18(23)8-12-20)22(28)25-19-9-5-17(3)6-10-19/h5-12,16H,4,13-15H2,1-3H3,(H,24,27)(H,25,28). The van der Waals surface area contributed by atoms with Gasteiger partial charge in [0, 0.05) is 30.9 Å². The molecule has 3 amide bonds. The lowest BCUT2D eigenvalue weighted by Crippen LogP contribution is -2.37. The van der Waals surface area contributed by atoms with Gasteiger partial charge in [-0.1, -0.05) is 31.5 Å². The molecule has 5 nitrogen and oxygen atoms in total. The van der Waals surface area contributed by atoms with Gasteiger partial charge in [-0.25, -0.2) is 9.18 Å². The van der Waals surface area contributed by atoms with Crippen molar-refractivity contribution in [3.05, 3.63) is 59.9 Å². The minimum atomic E-state index is -0.358. The third-order valence-corrected chi connectivity index (χ3v) is 4.16. The fraction of sp³-hybridized carbons (Fsp3) is 0.364. The quantitative estimate of drug-likeness (QED) is 0.646. The van der Waals surface area contributed by atoms with Crippen LogP contribution in [0.25, 0.3) is 0 Å². The Morgan fingerprint density at radius 2 is 1.68 bits per heavy atom. The van der Waals surface area contributed by atoms with Crippen molar-refractivity contribution in [2.75, 3.05) is 23.3 Å². The van der Waals surface area contributed by atoms with Crippen LogP contribution in [0.2, 0.25) is 0 Å². The summed E-state index contributed by atoms with van der Waals surface area (Å²) in [6, 6.07) is 13.0. The highest BCUT2D eigenvalue weighted by Gasteiger charge is 2.16. The molecule has 0 aliphatic heterocycles. The molecule has 0 saturated carbocycles. The number of aryl methyl sites for hydroxylation is 1. The van der Waals surface area contributed by atoms with Crippen LogP contribution in [-0.2, 0) is 4.79 Å². The molecule has 28 heavy (non-hydrogen) atoms. The largest absolute Gasteiger partial charge is 0.356 e. The monoisotopic (exact) mass is 385 g/mol. The lowest BCUT2D eigenvalue weighted by Gasteiger charge is -2.23. The number of benzene rings is 2. The zero-order valence-corrected chi connectivity index (χ0v) is 16.7. The Morgan fingerprint density at radius 1 is 1.04 bits per heavy atom. The van der Waals surface area contributed by atoms with Crippen molar-refractivity contribution in [1.29, 1.82) is 0 Å². The summed E-state index contributed by atoms with van der Waals surface area (Å²) in [5.41, 5.74) is 2.39. The van der Waals surface area contributed by atoms with Crippen molar-refractivity contribution in [2.24, 2.45) is 5.92 Å². The molecule has 2 aromatic rings. The number of anilines is 2. The maximum absolute atomic E-state index is 13.3. The first kappa shape index (κ1) is 21.4. The zero-order valence-electron chi connectivity index (χ0n) is 16.7. The summed E-state index contributed by atoms with van der Waals surface area (Å²) < 4.78 is 13.3. The number of amides is 3. The molecule has 0 unspecified atom stereocenters. The van der Waals surface area contributed by atoms with Crippen LogP contribution in [0.4, 0.5) is 20.6 Å². The average molecular weight is 385 g/mol. The Bertz CT molecular complexity index is 773. The Labute approximate surface area is 165 Å². The van der Waals surface area contributed by atoms with E-state index < -0.39 is 0 Å². The maximum atomic E-state index is 13.3. The Morgan fingerprint density at radius 3 is 2.29 bits per heavy atom. The molecule has 0 saturated heterocycles. The molecule has 0 heterocycles. The van der Waals surface area contributed by atoms with Crippen LogP contribution in [0.5, 0.6) is 0 Å². The van der Waals surface area contributed by atoms with Crippen molar-refractivity contribution >= 4 is 23.3 Å². The molecule has 0 spiro atoms. The number of carbonyl (C=O) groups is 2. The van der Waals surface area contributed by atoms with Crippen molar-refractivity contribution in [1.82, 2.24) is 5.32 Å². The fourth-order valence-electron chi connectivity index (χ4n) is 2.70. The highest BCUT2D eigenvalue weighted by molar-refractivity contribution is 6.01. The van der Waals surface area contributed by atoms with Crippen molar-refractivity contribution in [3.8, 4) is 0 Å². The van der Waals surface area contributed by atoms with Gasteiger partial charge in [0.05, 0.1) is 0 Å². The third-order valence-electron chi connectivity index (χ3n) is 4.16. The normalized spacial score (nSPS) is 10.6. The number of rotatable bonds is 8. The molecule has 2 rings (SSSR count). The molecular weight excluding hydrogens is 357 g/mol. The Balaban J connectivity index is 2.00. The smallest absolute Gasteiger partial charge is 0.326 e. The second kappa shape index (κ2) is 10.4. The molecule has 150 valence electrons. The molecule has 0 atom stereocenters. The highest BCUT2D eigenvalue weighted by atomic mass is 19.1. The summed E-state index contributed by atoms with van der Waals surface area (Å²) in [5, 5.41) is 5.73. The van der Waals surface area contributed by atoms with Crippen LogP contribution in [-0.4, -0.2) is 25.0 Å². The topological polar surface area (TPSA) is 61.4 Å². The molecule has 6 heteroatoms. The highest BCUT2D eigenvalue weighted by Crippen LogP contribution is 2.18. The summed E-state index contributed by atoms with van der Waals surface area (Å²) >= 11 is 0. The Kier molecular flexibility index (Phi) is 7.99. The number of nitrogens with zero attached hydrogens (tertiary/aromatic N) is 1. The fourth-order valence-corrected chi connectivity index (χ4v) is 2.70. The van der Waals surface area contributed by atoms with Gasteiger partial charge in [-0.2, -0.15) is 0 Å². The number of urea groups is 1. The third kappa shape index (κ3) is 7.02. The summed E-state index contributed by atoms with van der Waals surface area (Å²) in [6.45, 7) is 6.83. The lowest BCUT2D eigenvalue weighted by molar-refractivity contribution is -0.121. The van der Waals surface area contributed by atoms with E-state index in [1.807, 2.05) is 45.0 Å². The van der Waals surface area contributed by atoms with E-state index in [-0.39, 0.29) is 17.8 Å². The molecule has 0 bridgehead atoms. The van der Waals surface area contributed by atoms with E-state index in [0.717, 1.165) is 5.56 Å². The molecule has 0 aliphatic carbocycles. The van der Waals surface area contributed by atoms with Gasteiger partial charge < -0.3 is 10.6 Å². The van der Waals surface area contributed by atoms with E-state index in [1.54, 1.807) is 17.0 Å². The molecule has 0 aliphatic rings. The van der Waals surface area contributed by atoms with Crippen LogP contribution in [0.3, 0.4) is 0 Å². The Hall–Kier alpha value is -2.89. The van der Waals surface area contributed by atoms with Gasteiger partial charge in [0.15, 0.2) is 0 Å². The average Bonchev–Trinajstić information content (AvgIpc) is 2.64. The summed E-state index contributed by atoms with van der Waals surface area (Å²) in [7, 11) is 0. The number of halogens is 1. The zero-order chi connectivity index (χ0) is 20.5. The van der Waals surface area contributed by atoms with Crippen LogP contribution in [0.15, 0.2) is 48.5 Å². The van der Waals surface area contributed by atoms with Gasteiger partial charge in [-0.05, 0) is 55.7 Å². The molecule has 0 aromatic heterocycles. The number of carbonyl (C=O) groups excluding carboxylic acids is 2. The second-order valence-electron chi connectivity index (χ2n) is 7.23. The van der Waals surface area contributed by atoms with Gasteiger partial charge >= 0.3 is 6.03 Å². The van der Waals surface area contributed by atoms with E-state index in [9.17, 15) is 14.0 Å². The van der Waals surface area contributed by atoms with Gasteiger partial charge in [-0.15, -0.1) is 0 Å². The van der Waals surface area contributed by atoms with Crippen molar-refractivity contribution in [3.63, 3.8) is 0 Å². The predicted molar refractivity (Wildman–Crippen MR) is 111 cm³/mol. The van der Waals surface area contributed by atoms with Crippen LogP contribution >= 0.6 is 0 Å². The summed E-state index contributed by atoms with van der Waals surface area (Å²) in [6.07, 6.45) is 1.07. The van der Waals surface area contributed by atoms with E-state index >= 15 is 0 Å². The maximum Gasteiger partial charge on any atom is 0.326 e. The molecule has 2 N–H and O–H groups in total. The first-order valence-electron chi connectivity index (χ1n) is 9.52. The van der Waals surface area contributed by atoms with Crippen LogP contribution < -0.4 is 15.5 Å². The molecular formula is C22H28FN3O2. The molecule has 0 fully saturated rings. The first-order valence-corrected chi connectivity index (χ1v) is 9.52. The molecule has 0 radical (unpaired) electrons. The number of nitrogens with one attached hydrogen (secondary N) is 2. The minimum absolute atomic E-state index is 0.00689. The second-order valence-corrected chi connectivity index (χ2v) is 7.23.